The highest BCUT2D eigenvalue weighted by Crippen LogP contribution is 2.52. The SMILES string of the molecule is CC1(C)c2ccncc2N(c2ccc(N3c4cnccc4C(C)(C)C4C=CC=NC43)cc2)c2ncccc21. The second kappa shape index (κ2) is 8.09. The van der Waals surface area contributed by atoms with Crippen LogP contribution >= 0.6 is 0 Å². The minimum atomic E-state index is -0.170. The number of allylic oxidation sites excluding steroid dienone is 1. The van der Waals surface area contributed by atoms with Crippen molar-refractivity contribution in [3.05, 3.63) is 108 Å². The monoisotopic (exact) mass is 498 g/mol. The molecule has 0 amide bonds. The summed E-state index contributed by atoms with van der Waals surface area (Å²) in [5.41, 5.74) is 7.81. The molecule has 7 rings (SSSR count). The summed E-state index contributed by atoms with van der Waals surface area (Å²) >= 11 is 0. The molecule has 3 aromatic heterocycles. The number of anilines is 5. The van der Waals surface area contributed by atoms with Gasteiger partial charge in [0.2, 0.25) is 0 Å². The Morgan fingerprint density at radius 3 is 2.24 bits per heavy atom. The van der Waals surface area contributed by atoms with Gasteiger partial charge < -0.3 is 4.90 Å². The molecule has 38 heavy (non-hydrogen) atoms. The van der Waals surface area contributed by atoms with Gasteiger partial charge in [0.05, 0.1) is 23.8 Å². The molecule has 2 unspecified atom stereocenters. The molecule has 2 atom stereocenters. The van der Waals surface area contributed by atoms with Crippen molar-refractivity contribution in [3.8, 4) is 0 Å². The summed E-state index contributed by atoms with van der Waals surface area (Å²) in [5.74, 6) is 1.20. The van der Waals surface area contributed by atoms with Gasteiger partial charge in [-0.25, -0.2) is 4.98 Å². The van der Waals surface area contributed by atoms with E-state index >= 15 is 0 Å². The maximum absolute atomic E-state index is 4.95. The Labute approximate surface area is 223 Å². The van der Waals surface area contributed by atoms with E-state index in [0.717, 1.165) is 28.6 Å². The fourth-order valence-corrected chi connectivity index (χ4v) is 6.52. The number of hydrogen-bond acceptors (Lipinski definition) is 6. The number of rotatable bonds is 2. The van der Waals surface area contributed by atoms with Crippen LogP contribution in [0.2, 0.25) is 0 Å². The molecule has 3 aliphatic heterocycles. The van der Waals surface area contributed by atoms with Gasteiger partial charge in [0.25, 0.3) is 0 Å². The van der Waals surface area contributed by atoms with Gasteiger partial charge in [-0.1, -0.05) is 39.8 Å². The standard InChI is InChI=1S/C32H30N6/c1-31(2)23-13-17-33-19-27(23)37(29-25(31)7-5-15-35-29)21-9-11-22(12-10-21)38-28-20-34-18-14-24(28)32(3,4)26-8-6-16-36-30(26)38/h5-20,25,29H,1-4H3. The Hall–Kier alpha value is -4.32. The summed E-state index contributed by atoms with van der Waals surface area (Å²) in [6.07, 6.45) is 15.8. The third kappa shape index (κ3) is 3.13. The molecule has 0 radical (unpaired) electrons. The molecule has 4 aromatic rings. The van der Waals surface area contributed by atoms with Gasteiger partial charge in [-0.2, -0.15) is 0 Å². The number of dihydropyridines is 1. The van der Waals surface area contributed by atoms with Crippen LogP contribution in [-0.2, 0) is 10.8 Å². The molecule has 0 spiro atoms. The van der Waals surface area contributed by atoms with Gasteiger partial charge in [-0.3, -0.25) is 19.9 Å². The van der Waals surface area contributed by atoms with E-state index in [2.05, 4.69) is 102 Å². The second-order valence-corrected chi connectivity index (χ2v) is 11.4. The Morgan fingerprint density at radius 1 is 0.737 bits per heavy atom. The van der Waals surface area contributed by atoms with Gasteiger partial charge in [-0.05, 0) is 59.7 Å². The summed E-state index contributed by atoms with van der Waals surface area (Å²) in [7, 11) is 0. The predicted octanol–water partition coefficient (Wildman–Crippen LogP) is 6.99. The van der Waals surface area contributed by atoms with E-state index in [1.165, 1.54) is 16.7 Å². The van der Waals surface area contributed by atoms with Crippen LogP contribution < -0.4 is 9.80 Å². The molecule has 3 aliphatic rings. The highest BCUT2D eigenvalue weighted by Gasteiger charge is 2.46. The van der Waals surface area contributed by atoms with Crippen molar-refractivity contribution in [3.63, 3.8) is 0 Å². The number of pyridine rings is 3. The minimum absolute atomic E-state index is 0.0272. The van der Waals surface area contributed by atoms with Crippen LogP contribution in [0.15, 0.2) is 96.7 Å². The normalized spacial score (nSPS) is 21.8. The summed E-state index contributed by atoms with van der Waals surface area (Å²) in [6, 6.07) is 17.2. The van der Waals surface area contributed by atoms with E-state index in [4.69, 9.17) is 9.98 Å². The zero-order valence-electron chi connectivity index (χ0n) is 22.1. The van der Waals surface area contributed by atoms with Crippen LogP contribution in [0, 0.1) is 5.92 Å². The third-order valence-corrected chi connectivity index (χ3v) is 8.59. The average molecular weight is 499 g/mol. The van der Waals surface area contributed by atoms with Crippen molar-refractivity contribution in [2.75, 3.05) is 9.80 Å². The van der Waals surface area contributed by atoms with Gasteiger partial charge in [0, 0.05) is 58.5 Å². The molecular weight excluding hydrogens is 468 g/mol. The number of nitrogens with zero attached hydrogens (tertiary/aromatic N) is 6. The largest absolute Gasteiger partial charge is 0.316 e. The molecule has 1 aromatic carbocycles. The lowest BCUT2D eigenvalue weighted by Crippen LogP contribution is -2.50. The number of aromatic nitrogens is 3. The average Bonchev–Trinajstić information content (AvgIpc) is 2.94. The summed E-state index contributed by atoms with van der Waals surface area (Å²) < 4.78 is 0. The molecule has 188 valence electrons. The lowest BCUT2D eigenvalue weighted by Gasteiger charge is -2.49. The Morgan fingerprint density at radius 2 is 1.45 bits per heavy atom. The van der Waals surface area contributed by atoms with Crippen LogP contribution in [0.3, 0.4) is 0 Å². The number of benzene rings is 1. The number of hydrogen-bond donors (Lipinski definition) is 0. The highest BCUT2D eigenvalue weighted by molar-refractivity contribution is 5.84. The van der Waals surface area contributed by atoms with Crippen LogP contribution in [0.1, 0.15) is 44.4 Å². The van der Waals surface area contributed by atoms with E-state index in [0.29, 0.717) is 0 Å². The van der Waals surface area contributed by atoms with E-state index < -0.39 is 0 Å². The van der Waals surface area contributed by atoms with Gasteiger partial charge in [0.15, 0.2) is 0 Å². The smallest absolute Gasteiger partial charge is 0.141 e. The Balaban J connectivity index is 1.35. The first-order valence-electron chi connectivity index (χ1n) is 13.1. The van der Waals surface area contributed by atoms with Crippen LogP contribution in [0.5, 0.6) is 0 Å². The van der Waals surface area contributed by atoms with Crippen molar-refractivity contribution in [2.45, 2.75) is 44.7 Å². The van der Waals surface area contributed by atoms with E-state index in [-0.39, 0.29) is 22.9 Å². The van der Waals surface area contributed by atoms with Crippen molar-refractivity contribution in [1.29, 1.82) is 0 Å². The van der Waals surface area contributed by atoms with E-state index in [1.54, 1.807) is 0 Å². The topological polar surface area (TPSA) is 57.5 Å². The highest BCUT2D eigenvalue weighted by atomic mass is 15.3. The van der Waals surface area contributed by atoms with Crippen molar-refractivity contribution < 1.29 is 0 Å². The molecule has 0 N–H and O–H groups in total. The molecule has 0 saturated carbocycles. The second-order valence-electron chi connectivity index (χ2n) is 11.4. The molecule has 6 nitrogen and oxygen atoms in total. The Bertz CT molecular complexity index is 1550. The van der Waals surface area contributed by atoms with Gasteiger partial charge in [0.1, 0.15) is 12.0 Å². The fraction of sp³-hybridized carbons (Fsp3) is 0.250. The van der Waals surface area contributed by atoms with Crippen LogP contribution in [-0.4, -0.2) is 27.3 Å². The maximum atomic E-state index is 4.95. The van der Waals surface area contributed by atoms with Gasteiger partial charge in [-0.15, -0.1) is 0 Å². The van der Waals surface area contributed by atoms with Crippen molar-refractivity contribution in [2.24, 2.45) is 10.9 Å². The predicted molar refractivity (Wildman–Crippen MR) is 153 cm³/mol. The lowest BCUT2D eigenvalue weighted by atomic mass is 9.68. The first-order valence-corrected chi connectivity index (χ1v) is 13.1. The molecule has 0 aliphatic carbocycles. The zero-order chi connectivity index (χ0) is 26.1. The summed E-state index contributed by atoms with van der Waals surface area (Å²) in [4.78, 5) is 23.3. The van der Waals surface area contributed by atoms with Crippen LogP contribution in [0.4, 0.5) is 28.6 Å². The summed E-state index contributed by atoms with van der Waals surface area (Å²) in [6.45, 7) is 9.13. The number of fused-ring (bicyclic) bond motifs is 4. The molecule has 0 bridgehead atoms. The molecule has 0 saturated heterocycles. The number of aliphatic imine (C=N–C) groups is 1. The third-order valence-electron chi connectivity index (χ3n) is 8.59. The fourth-order valence-electron chi connectivity index (χ4n) is 6.52. The molecule has 6 heteroatoms. The Kier molecular flexibility index (Phi) is 4.86. The quantitative estimate of drug-likeness (QED) is 0.298. The van der Waals surface area contributed by atoms with E-state index in [9.17, 15) is 0 Å². The maximum Gasteiger partial charge on any atom is 0.141 e. The van der Waals surface area contributed by atoms with Crippen LogP contribution in [0.25, 0.3) is 0 Å². The minimum Gasteiger partial charge on any atom is -0.316 e. The first-order chi connectivity index (χ1) is 18.4. The van der Waals surface area contributed by atoms with Crippen molar-refractivity contribution in [1.82, 2.24) is 15.0 Å². The van der Waals surface area contributed by atoms with E-state index in [1.807, 2.05) is 43.3 Å². The molecular formula is C32H30N6. The zero-order valence-corrected chi connectivity index (χ0v) is 22.1. The van der Waals surface area contributed by atoms with Crippen molar-refractivity contribution >= 4 is 34.8 Å². The first kappa shape index (κ1) is 22.8. The lowest BCUT2D eigenvalue weighted by molar-refractivity contribution is 0.309. The molecule has 6 heterocycles. The molecule has 0 fully saturated rings. The van der Waals surface area contributed by atoms with Gasteiger partial charge >= 0.3 is 0 Å². The summed E-state index contributed by atoms with van der Waals surface area (Å²) in [5, 5.41) is 0.